The molecule has 0 saturated carbocycles. The fourth-order valence-corrected chi connectivity index (χ4v) is 0.883. The van der Waals surface area contributed by atoms with E-state index in [1.807, 2.05) is 0 Å². The maximum Gasteiger partial charge on any atom is 0.410 e. The monoisotopic (exact) mass is 228 g/mol. The average Bonchev–Trinajstić information content (AvgIpc) is 1.99. The van der Waals surface area contributed by atoms with Gasteiger partial charge in [0, 0.05) is 13.1 Å². The quantitative estimate of drug-likeness (QED) is 0.790. The van der Waals surface area contributed by atoms with E-state index in [-0.39, 0.29) is 13.1 Å². The maximum atomic E-state index is 12.0. The summed E-state index contributed by atoms with van der Waals surface area (Å²) >= 11 is 0. The topological polar surface area (TPSA) is 55.6 Å². The van der Waals surface area contributed by atoms with E-state index in [0.717, 1.165) is 0 Å². The molecule has 2 N–H and O–H groups in total. The maximum absolute atomic E-state index is 12.0. The Morgan fingerprint density at radius 2 is 2.00 bits per heavy atom. The Kier molecular flexibility index (Phi) is 5.41. The molecule has 4 nitrogen and oxygen atoms in total. The molecule has 0 atom stereocenters. The van der Waals surface area contributed by atoms with Crippen molar-refractivity contribution in [2.24, 2.45) is 5.73 Å². The van der Waals surface area contributed by atoms with Crippen LogP contribution in [0, 0.1) is 0 Å². The number of hydrogen-bond acceptors (Lipinski definition) is 3. The van der Waals surface area contributed by atoms with Gasteiger partial charge in [-0.05, 0) is 13.8 Å². The van der Waals surface area contributed by atoms with Crippen LogP contribution in [0.25, 0.3) is 0 Å². The SMILES string of the molecule is CC(C)OC(=O)N(CCN)CC(F)(F)F. The van der Waals surface area contributed by atoms with Crippen molar-refractivity contribution in [3.63, 3.8) is 0 Å². The largest absolute Gasteiger partial charge is 0.447 e. The molecule has 0 heterocycles. The summed E-state index contributed by atoms with van der Waals surface area (Å²) in [6, 6.07) is 0. The van der Waals surface area contributed by atoms with Crippen LogP contribution in [0.5, 0.6) is 0 Å². The van der Waals surface area contributed by atoms with Gasteiger partial charge in [0.1, 0.15) is 6.54 Å². The van der Waals surface area contributed by atoms with Gasteiger partial charge < -0.3 is 10.5 Å². The van der Waals surface area contributed by atoms with E-state index < -0.39 is 24.9 Å². The molecule has 0 saturated heterocycles. The molecule has 0 bridgehead atoms. The van der Waals surface area contributed by atoms with E-state index in [4.69, 9.17) is 5.73 Å². The first-order chi connectivity index (χ1) is 6.76. The third kappa shape index (κ3) is 7.01. The number of carbonyl (C=O) groups excluding carboxylic acids is 1. The summed E-state index contributed by atoms with van der Waals surface area (Å²) in [6.07, 6.45) is -5.88. The number of nitrogens with two attached hydrogens (primary N) is 1. The third-order valence-corrected chi connectivity index (χ3v) is 1.36. The number of halogens is 3. The van der Waals surface area contributed by atoms with Gasteiger partial charge in [0.05, 0.1) is 6.10 Å². The van der Waals surface area contributed by atoms with Gasteiger partial charge in [-0.25, -0.2) is 4.79 Å². The van der Waals surface area contributed by atoms with Crippen molar-refractivity contribution in [2.75, 3.05) is 19.6 Å². The summed E-state index contributed by atoms with van der Waals surface area (Å²) in [5.41, 5.74) is 5.10. The molecule has 0 aromatic rings. The first kappa shape index (κ1) is 14.0. The molecule has 0 aliphatic heterocycles. The van der Waals surface area contributed by atoms with Crippen LogP contribution >= 0.6 is 0 Å². The molecule has 0 aliphatic carbocycles. The highest BCUT2D eigenvalue weighted by atomic mass is 19.4. The zero-order valence-corrected chi connectivity index (χ0v) is 8.67. The van der Waals surface area contributed by atoms with E-state index in [9.17, 15) is 18.0 Å². The Labute approximate surface area is 86.2 Å². The summed E-state index contributed by atoms with van der Waals surface area (Å²) in [6.45, 7) is 1.57. The van der Waals surface area contributed by atoms with Gasteiger partial charge >= 0.3 is 12.3 Å². The molecule has 15 heavy (non-hydrogen) atoms. The van der Waals surface area contributed by atoms with Crippen LogP contribution < -0.4 is 5.73 Å². The van der Waals surface area contributed by atoms with Crippen molar-refractivity contribution < 1.29 is 22.7 Å². The Hall–Kier alpha value is -0.980. The van der Waals surface area contributed by atoms with Crippen LogP contribution in [0.4, 0.5) is 18.0 Å². The fraction of sp³-hybridized carbons (Fsp3) is 0.875. The Morgan fingerprint density at radius 1 is 1.47 bits per heavy atom. The predicted molar refractivity (Wildman–Crippen MR) is 48.3 cm³/mol. The molecule has 0 rings (SSSR count). The smallest absolute Gasteiger partial charge is 0.410 e. The van der Waals surface area contributed by atoms with Crippen LogP contribution in [-0.4, -0.2) is 42.9 Å². The van der Waals surface area contributed by atoms with Crippen LogP contribution in [0.3, 0.4) is 0 Å². The molecule has 0 radical (unpaired) electrons. The highest BCUT2D eigenvalue weighted by Gasteiger charge is 2.33. The highest BCUT2D eigenvalue weighted by Crippen LogP contribution is 2.16. The van der Waals surface area contributed by atoms with Crippen molar-refractivity contribution >= 4 is 6.09 Å². The number of carbonyl (C=O) groups is 1. The molecule has 90 valence electrons. The van der Waals surface area contributed by atoms with Gasteiger partial charge in [0.2, 0.25) is 0 Å². The van der Waals surface area contributed by atoms with E-state index in [1.54, 1.807) is 13.8 Å². The number of nitrogens with zero attached hydrogens (tertiary/aromatic N) is 1. The number of amides is 1. The number of alkyl halides is 3. The third-order valence-electron chi connectivity index (χ3n) is 1.36. The molecule has 0 aromatic carbocycles. The van der Waals surface area contributed by atoms with Gasteiger partial charge in [0.25, 0.3) is 0 Å². The van der Waals surface area contributed by atoms with E-state index in [2.05, 4.69) is 4.74 Å². The molecule has 0 fully saturated rings. The van der Waals surface area contributed by atoms with Gasteiger partial charge in [-0.3, -0.25) is 4.90 Å². The normalized spacial score (nSPS) is 11.7. The summed E-state index contributed by atoms with van der Waals surface area (Å²) < 4.78 is 40.8. The Morgan fingerprint density at radius 3 is 2.33 bits per heavy atom. The molecule has 0 spiro atoms. The van der Waals surface area contributed by atoms with Crippen LogP contribution in [0.2, 0.25) is 0 Å². The van der Waals surface area contributed by atoms with Crippen LogP contribution in [0.15, 0.2) is 0 Å². The Bertz CT molecular complexity index is 207. The summed E-state index contributed by atoms with van der Waals surface area (Å²) in [5, 5.41) is 0. The zero-order valence-electron chi connectivity index (χ0n) is 8.67. The molecule has 0 unspecified atom stereocenters. The van der Waals surface area contributed by atoms with Crippen molar-refractivity contribution in [3.05, 3.63) is 0 Å². The van der Waals surface area contributed by atoms with E-state index >= 15 is 0 Å². The lowest BCUT2D eigenvalue weighted by molar-refractivity contribution is -0.143. The second kappa shape index (κ2) is 5.79. The van der Waals surface area contributed by atoms with Crippen molar-refractivity contribution in [2.45, 2.75) is 26.1 Å². The van der Waals surface area contributed by atoms with Crippen molar-refractivity contribution in [1.29, 1.82) is 0 Å². The van der Waals surface area contributed by atoms with Gasteiger partial charge in [-0.1, -0.05) is 0 Å². The lowest BCUT2D eigenvalue weighted by Crippen LogP contribution is -2.42. The lowest BCUT2D eigenvalue weighted by Gasteiger charge is -2.23. The van der Waals surface area contributed by atoms with Crippen molar-refractivity contribution in [3.8, 4) is 0 Å². The highest BCUT2D eigenvalue weighted by molar-refractivity contribution is 5.67. The first-order valence-electron chi connectivity index (χ1n) is 4.48. The summed E-state index contributed by atoms with van der Waals surface area (Å²) in [7, 11) is 0. The summed E-state index contributed by atoms with van der Waals surface area (Å²) in [5.74, 6) is 0. The molecule has 0 aromatic heterocycles. The fourth-order valence-electron chi connectivity index (χ4n) is 0.883. The minimum atomic E-state index is -4.44. The molecule has 0 aliphatic rings. The zero-order chi connectivity index (χ0) is 12.1. The standard InChI is InChI=1S/C8H15F3N2O2/c1-6(2)15-7(14)13(4-3-12)5-8(9,10)11/h6H,3-5,12H2,1-2H3. The second-order valence-electron chi connectivity index (χ2n) is 3.26. The number of rotatable bonds is 4. The molecular formula is C8H15F3N2O2. The average molecular weight is 228 g/mol. The Balaban J connectivity index is 4.31. The number of hydrogen-bond donors (Lipinski definition) is 1. The van der Waals surface area contributed by atoms with Crippen LogP contribution in [0.1, 0.15) is 13.8 Å². The number of ether oxygens (including phenoxy) is 1. The van der Waals surface area contributed by atoms with Gasteiger partial charge in [-0.15, -0.1) is 0 Å². The first-order valence-corrected chi connectivity index (χ1v) is 4.48. The van der Waals surface area contributed by atoms with Crippen LogP contribution in [-0.2, 0) is 4.74 Å². The minimum Gasteiger partial charge on any atom is -0.447 e. The predicted octanol–water partition coefficient (Wildman–Crippen LogP) is 1.35. The lowest BCUT2D eigenvalue weighted by atomic mass is 10.4. The van der Waals surface area contributed by atoms with Crippen molar-refractivity contribution in [1.82, 2.24) is 4.90 Å². The minimum absolute atomic E-state index is 0.0384. The molecular weight excluding hydrogens is 213 g/mol. The summed E-state index contributed by atoms with van der Waals surface area (Å²) in [4.78, 5) is 11.7. The van der Waals surface area contributed by atoms with E-state index in [1.165, 1.54) is 0 Å². The molecule has 7 heteroatoms. The van der Waals surface area contributed by atoms with E-state index in [0.29, 0.717) is 4.90 Å². The van der Waals surface area contributed by atoms with Gasteiger partial charge in [0.15, 0.2) is 0 Å². The second-order valence-corrected chi connectivity index (χ2v) is 3.26. The van der Waals surface area contributed by atoms with Gasteiger partial charge in [-0.2, -0.15) is 13.2 Å². The molecule has 1 amide bonds.